The SMILES string of the molecule is CCOC1(OC)CCC(c2ccc(OCc3ccccc3)cc2)CC1. The fourth-order valence-electron chi connectivity index (χ4n) is 3.64. The molecule has 0 spiro atoms. The van der Waals surface area contributed by atoms with Gasteiger partial charge in [-0.3, -0.25) is 0 Å². The Kier molecular flexibility index (Phi) is 6.11. The van der Waals surface area contributed by atoms with Crippen LogP contribution in [0.4, 0.5) is 0 Å². The Bertz CT molecular complexity index is 628. The fourth-order valence-corrected chi connectivity index (χ4v) is 3.64. The normalized spacial score (nSPS) is 23.4. The number of methoxy groups -OCH3 is 1. The van der Waals surface area contributed by atoms with Crippen molar-refractivity contribution < 1.29 is 14.2 Å². The van der Waals surface area contributed by atoms with Crippen molar-refractivity contribution in [1.29, 1.82) is 0 Å². The van der Waals surface area contributed by atoms with Crippen molar-refractivity contribution in [3.8, 4) is 5.75 Å². The van der Waals surface area contributed by atoms with Gasteiger partial charge >= 0.3 is 0 Å². The summed E-state index contributed by atoms with van der Waals surface area (Å²) in [6.07, 6.45) is 4.10. The molecular weight excluding hydrogens is 312 g/mol. The van der Waals surface area contributed by atoms with Crippen LogP contribution in [-0.2, 0) is 16.1 Å². The van der Waals surface area contributed by atoms with Crippen molar-refractivity contribution in [2.75, 3.05) is 13.7 Å². The monoisotopic (exact) mass is 340 g/mol. The maximum absolute atomic E-state index is 5.88. The van der Waals surface area contributed by atoms with E-state index < -0.39 is 0 Å². The molecule has 0 saturated heterocycles. The highest BCUT2D eigenvalue weighted by Gasteiger charge is 2.36. The molecule has 0 radical (unpaired) electrons. The van der Waals surface area contributed by atoms with E-state index in [-0.39, 0.29) is 5.79 Å². The zero-order chi connectivity index (χ0) is 17.5. The zero-order valence-electron chi connectivity index (χ0n) is 15.2. The summed E-state index contributed by atoms with van der Waals surface area (Å²) < 4.78 is 17.4. The van der Waals surface area contributed by atoms with E-state index in [1.165, 1.54) is 11.1 Å². The molecule has 25 heavy (non-hydrogen) atoms. The summed E-state index contributed by atoms with van der Waals surface area (Å²) >= 11 is 0. The first-order chi connectivity index (χ1) is 12.2. The zero-order valence-corrected chi connectivity index (χ0v) is 15.2. The lowest BCUT2D eigenvalue weighted by molar-refractivity contribution is -0.237. The molecule has 1 saturated carbocycles. The largest absolute Gasteiger partial charge is 0.489 e. The minimum Gasteiger partial charge on any atom is -0.489 e. The molecule has 0 N–H and O–H groups in total. The van der Waals surface area contributed by atoms with E-state index in [2.05, 4.69) is 36.4 Å². The molecular formula is C22H28O3. The molecule has 134 valence electrons. The lowest BCUT2D eigenvalue weighted by Gasteiger charge is -2.38. The van der Waals surface area contributed by atoms with E-state index in [1.54, 1.807) is 7.11 Å². The van der Waals surface area contributed by atoms with Crippen LogP contribution in [0.25, 0.3) is 0 Å². The summed E-state index contributed by atoms with van der Waals surface area (Å²) in [4.78, 5) is 0. The third kappa shape index (κ3) is 4.62. The highest BCUT2D eigenvalue weighted by Crippen LogP contribution is 2.40. The Labute approximate surface area is 150 Å². The van der Waals surface area contributed by atoms with Gasteiger partial charge in [0, 0.05) is 26.6 Å². The summed E-state index contributed by atoms with van der Waals surface area (Å²) in [6, 6.07) is 18.8. The average Bonchev–Trinajstić information content (AvgIpc) is 2.68. The molecule has 0 unspecified atom stereocenters. The molecule has 1 aliphatic rings. The van der Waals surface area contributed by atoms with Crippen molar-refractivity contribution in [1.82, 2.24) is 0 Å². The number of hydrogen-bond acceptors (Lipinski definition) is 3. The number of benzene rings is 2. The molecule has 3 rings (SSSR count). The minimum atomic E-state index is -0.371. The standard InChI is InChI=1S/C22H28O3/c1-3-25-22(23-2)15-13-20(14-16-22)19-9-11-21(12-10-19)24-17-18-7-5-4-6-8-18/h4-12,20H,3,13-17H2,1-2H3. The Morgan fingerprint density at radius 1 is 0.960 bits per heavy atom. The number of hydrogen-bond donors (Lipinski definition) is 0. The molecule has 0 aromatic heterocycles. The lowest BCUT2D eigenvalue weighted by atomic mass is 9.81. The van der Waals surface area contributed by atoms with E-state index in [4.69, 9.17) is 14.2 Å². The van der Waals surface area contributed by atoms with Crippen LogP contribution in [0.1, 0.15) is 49.7 Å². The first kappa shape index (κ1) is 18.0. The second-order valence-corrected chi connectivity index (χ2v) is 6.67. The van der Waals surface area contributed by atoms with Crippen LogP contribution in [0.5, 0.6) is 5.75 Å². The third-order valence-corrected chi connectivity index (χ3v) is 5.13. The first-order valence-corrected chi connectivity index (χ1v) is 9.20. The molecule has 2 aromatic rings. The molecule has 3 nitrogen and oxygen atoms in total. The van der Waals surface area contributed by atoms with E-state index in [9.17, 15) is 0 Å². The number of rotatable bonds is 7. The van der Waals surface area contributed by atoms with Crippen molar-refractivity contribution in [2.45, 2.75) is 50.9 Å². The van der Waals surface area contributed by atoms with Gasteiger partial charge in [0.15, 0.2) is 5.79 Å². The number of ether oxygens (including phenoxy) is 3. The van der Waals surface area contributed by atoms with Crippen molar-refractivity contribution in [3.63, 3.8) is 0 Å². The summed E-state index contributed by atoms with van der Waals surface area (Å²) in [5.41, 5.74) is 2.57. The lowest BCUT2D eigenvalue weighted by Crippen LogP contribution is -2.38. The Balaban J connectivity index is 1.54. The summed E-state index contributed by atoms with van der Waals surface area (Å²) in [6.45, 7) is 3.33. The average molecular weight is 340 g/mol. The highest BCUT2D eigenvalue weighted by atomic mass is 16.7. The first-order valence-electron chi connectivity index (χ1n) is 9.20. The molecule has 3 heteroatoms. The van der Waals surface area contributed by atoms with Gasteiger partial charge in [-0.2, -0.15) is 0 Å². The molecule has 0 aliphatic heterocycles. The Morgan fingerprint density at radius 3 is 2.24 bits per heavy atom. The van der Waals surface area contributed by atoms with Crippen LogP contribution < -0.4 is 4.74 Å². The smallest absolute Gasteiger partial charge is 0.167 e. The van der Waals surface area contributed by atoms with Crippen molar-refractivity contribution >= 4 is 0 Å². The van der Waals surface area contributed by atoms with E-state index in [0.717, 1.165) is 31.4 Å². The maximum atomic E-state index is 5.88. The Hall–Kier alpha value is -1.84. The predicted molar refractivity (Wildman–Crippen MR) is 99.8 cm³/mol. The maximum Gasteiger partial charge on any atom is 0.167 e. The van der Waals surface area contributed by atoms with Gasteiger partial charge in [-0.15, -0.1) is 0 Å². The molecule has 0 heterocycles. The van der Waals surface area contributed by atoms with Crippen molar-refractivity contribution in [3.05, 3.63) is 65.7 Å². The van der Waals surface area contributed by atoms with E-state index in [1.807, 2.05) is 25.1 Å². The minimum absolute atomic E-state index is 0.371. The van der Waals surface area contributed by atoms with E-state index in [0.29, 0.717) is 19.1 Å². The van der Waals surface area contributed by atoms with Crippen LogP contribution in [0.2, 0.25) is 0 Å². The quantitative estimate of drug-likeness (QED) is 0.640. The molecule has 0 amide bonds. The second kappa shape index (κ2) is 8.50. The van der Waals surface area contributed by atoms with Crippen LogP contribution in [0.15, 0.2) is 54.6 Å². The molecule has 2 aromatic carbocycles. The summed E-state index contributed by atoms with van der Waals surface area (Å²) in [5, 5.41) is 0. The van der Waals surface area contributed by atoms with Crippen LogP contribution in [0, 0.1) is 0 Å². The second-order valence-electron chi connectivity index (χ2n) is 6.67. The molecule has 1 fully saturated rings. The van der Waals surface area contributed by atoms with Gasteiger partial charge in [0.05, 0.1) is 0 Å². The van der Waals surface area contributed by atoms with Gasteiger partial charge in [-0.05, 0) is 48.9 Å². The van der Waals surface area contributed by atoms with Crippen LogP contribution in [0.3, 0.4) is 0 Å². The topological polar surface area (TPSA) is 27.7 Å². The molecule has 0 atom stereocenters. The van der Waals surface area contributed by atoms with Gasteiger partial charge in [-0.1, -0.05) is 42.5 Å². The predicted octanol–water partition coefficient (Wildman–Crippen LogP) is 5.30. The van der Waals surface area contributed by atoms with Crippen LogP contribution in [-0.4, -0.2) is 19.5 Å². The molecule has 0 bridgehead atoms. The highest BCUT2D eigenvalue weighted by molar-refractivity contribution is 5.30. The van der Waals surface area contributed by atoms with Crippen LogP contribution >= 0.6 is 0 Å². The van der Waals surface area contributed by atoms with Crippen molar-refractivity contribution in [2.24, 2.45) is 0 Å². The van der Waals surface area contributed by atoms with Gasteiger partial charge in [0.1, 0.15) is 12.4 Å². The summed E-state index contributed by atoms with van der Waals surface area (Å²) in [7, 11) is 1.76. The van der Waals surface area contributed by atoms with Gasteiger partial charge in [-0.25, -0.2) is 0 Å². The summed E-state index contributed by atoms with van der Waals surface area (Å²) in [5.74, 6) is 1.13. The van der Waals surface area contributed by atoms with Gasteiger partial charge < -0.3 is 14.2 Å². The van der Waals surface area contributed by atoms with Gasteiger partial charge in [0.25, 0.3) is 0 Å². The van der Waals surface area contributed by atoms with E-state index >= 15 is 0 Å². The fraction of sp³-hybridized carbons (Fsp3) is 0.455. The molecule has 1 aliphatic carbocycles. The Morgan fingerprint density at radius 2 is 1.64 bits per heavy atom. The van der Waals surface area contributed by atoms with Gasteiger partial charge in [0.2, 0.25) is 0 Å². The third-order valence-electron chi connectivity index (χ3n) is 5.13.